The highest BCUT2D eigenvalue weighted by atomic mass is 35.5. The fraction of sp³-hybridized carbons (Fsp3) is 0.240. The Hall–Kier alpha value is -2.96. The van der Waals surface area contributed by atoms with Crippen molar-refractivity contribution in [1.29, 1.82) is 0 Å². The molecule has 0 aliphatic carbocycles. The third kappa shape index (κ3) is 4.08. The molecular formula is C25H24ClN3O2S. The summed E-state index contributed by atoms with van der Waals surface area (Å²) in [6.45, 7) is 5.84. The van der Waals surface area contributed by atoms with Gasteiger partial charge >= 0.3 is 0 Å². The lowest BCUT2D eigenvalue weighted by atomic mass is 10.0. The van der Waals surface area contributed by atoms with Crippen LogP contribution in [0.15, 0.2) is 59.0 Å². The van der Waals surface area contributed by atoms with Crippen LogP contribution >= 0.6 is 22.9 Å². The summed E-state index contributed by atoms with van der Waals surface area (Å²) in [6.07, 6.45) is 3.08. The van der Waals surface area contributed by atoms with E-state index in [1.54, 1.807) is 19.1 Å². The van der Waals surface area contributed by atoms with Gasteiger partial charge in [0.05, 0.1) is 11.7 Å². The van der Waals surface area contributed by atoms with Gasteiger partial charge in [-0.3, -0.25) is 14.2 Å². The Morgan fingerprint density at radius 3 is 2.41 bits per heavy atom. The number of para-hydroxylation sites is 1. The lowest BCUT2D eigenvalue weighted by molar-refractivity contribution is -0.118. The molecule has 2 heterocycles. The third-order valence-corrected chi connectivity index (χ3v) is 6.86. The zero-order valence-electron chi connectivity index (χ0n) is 18.2. The first kappa shape index (κ1) is 22.2. The molecule has 1 N–H and O–H groups in total. The maximum Gasteiger partial charge on any atom is 0.263 e. The molecule has 1 amide bonds. The smallest absolute Gasteiger partial charge is 0.263 e. The van der Waals surface area contributed by atoms with Crippen molar-refractivity contribution in [2.24, 2.45) is 0 Å². The quantitative estimate of drug-likeness (QED) is 0.374. The Balaban J connectivity index is 1.72. The first-order valence-corrected chi connectivity index (χ1v) is 11.9. The molecule has 0 aliphatic heterocycles. The summed E-state index contributed by atoms with van der Waals surface area (Å²) >= 11 is 7.42. The topological polar surface area (TPSA) is 64.0 Å². The molecule has 1 unspecified atom stereocenters. The predicted octanol–water partition coefficient (Wildman–Crippen LogP) is 6.10. The lowest BCUT2D eigenvalue weighted by Crippen LogP contribution is -2.32. The highest BCUT2D eigenvalue weighted by molar-refractivity contribution is 7.17. The number of carbonyl (C=O) groups excluding carboxylic acids is 1. The van der Waals surface area contributed by atoms with Crippen molar-refractivity contribution in [2.45, 2.75) is 39.7 Å². The molecular weight excluding hydrogens is 442 g/mol. The average molecular weight is 466 g/mol. The molecule has 7 heteroatoms. The fourth-order valence-electron chi connectivity index (χ4n) is 3.82. The van der Waals surface area contributed by atoms with Gasteiger partial charge in [-0.25, -0.2) is 4.98 Å². The van der Waals surface area contributed by atoms with Crippen LogP contribution in [0.2, 0.25) is 5.02 Å². The SMILES string of the molecule is CCc1cccc(CC)c1NC(=O)C(C)n1cnc2scc(-c3ccc(Cl)cc3)c2c1=O. The fourth-order valence-corrected chi connectivity index (χ4v) is 4.85. The monoisotopic (exact) mass is 465 g/mol. The van der Waals surface area contributed by atoms with Crippen LogP contribution in [0.1, 0.15) is 37.9 Å². The van der Waals surface area contributed by atoms with Crippen LogP contribution in [0.25, 0.3) is 21.3 Å². The largest absolute Gasteiger partial charge is 0.324 e. The van der Waals surface area contributed by atoms with E-state index in [-0.39, 0.29) is 11.5 Å². The van der Waals surface area contributed by atoms with Gasteiger partial charge in [-0.1, -0.05) is 55.8 Å². The molecule has 2 aromatic heterocycles. The second-order valence-corrected chi connectivity index (χ2v) is 8.91. The van der Waals surface area contributed by atoms with Crippen LogP contribution in [-0.4, -0.2) is 15.5 Å². The molecule has 0 saturated heterocycles. The Morgan fingerprint density at radius 2 is 1.78 bits per heavy atom. The number of hydrogen-bond acceptors (Lipinski definition) is 4. The van der Waals surface area contributed by atoms with Gasteiger partial charge in [0, 0.05) is 21.7 Å². The van der Waals surface area contributed by atoms with E-state index in [2.05, 4.69) is 24.1 Å². The number of nitrogens with one attached hydrogen (secondary N) is 1. The third-order valence-electron chi connectivity index (χ3n) is 5.72. The van der Waals surface area contributed by atoms with Gasteiger partial charge in [-0.2, -0.15) is 0 Å². The Labute approximate surface area is 195 Å². The minimum Gasteiger partial charge on any atom is -0.324 e. The van der Waals surface area contributed by atoms with Crippen molar-refractivity contribution in [3.8, 4) is 11.1 Å². The molecule has 0 fully saturated rings. The molecule has 0 saturated carbocycles. The van der Waals surface area contributed by atoms with Crippen molar-refractivity contribution in [2.75, 3.05) is 5.32 Å². The summed E-state index contributed by atoms with van der Waals surface area (Å²) in [5.74, 6) is -0.243. The first-order chi connectivity index (χ1) is 15.4. The second-order valence-electron chi connectivity index (χ2n) is 7.62. The number of anilines is 1. The number of carbonyl (C=O) groups is 1. The summed E-state index contributed by atoms with van der Waals surface area (Å²) in [4.78, 5) is 31.7. The molecule has 0 radical (unpaired) electrons. The van der Waals surface area contributed by atoms with E-state index in [1.807, 2.05) is 35.7 Å². The summed E-state index contributed by atoms with van der Waals surface area (Å²) < 4.78 is 1.41. The number of thiophene rings is 1. The molecule has 0 aliphatic rings. The molecule has 164 valence electrons. The van der Waals surface area contributed by atoms with Gasteiger partial charge in [0.15, 0.2) is 0 Å². The minimum absolute atomic E-state index is 0.233. The number of halogens is 1. The van der Waals surface area contributed by atoms with Crippen molar-refractivity contribution in [3.63, 3.8) is 0 Å². The zero-order chi connectivity index (χ0) is 22.8. The lowest BCUT2D eigenvalue weighted by Gasteiger charge is -2.19. The van der Waals surface area contributed by atoms with Crippen LogP contribution in [0.4, 0.5) is 5.69 Å². The van der Waals surface area contributed by atoms with Gasteiger partial charge in [0.2, 0.25) is 5.91 Å². The first-order valence-electron chi connectivity index (χ1n) is 10.6. The van der Waals surface area contributed by atoms with E-state index in [9.17, 15) is 9.59 Å². The summed E-state index contributed by atoms with van der Waals surface area (Å²) in [5.41, 5.74) is 4.45. The van der Waals surface area contributed by atoms with E-state index in [0.29, 0.717) is 15.2 Å². The van der Waals surface area contributed by atoms with E-state index in [1.165, 1.54) is 22.2 Å². The average Bonchev–Trinajstić information content (AvgIpc) is 3.24. The molecule has 0 bridgehead atoms. The Kier molecular flexibility index (Phi) is 6.44. The van der Waals surface area contributed by atoms with Crippen LogP contribution in [0.3, 0.4) is 0 Å². The highest BCUT2D eigenvalue weighted by Gasteiger charge is 2.21. The van der Waals surface area contributed by atoms with Gasteiger partial charge in [0.25, 0.3) is 5.56 Å². The maximum atomic E-state index is 13.4. The van der Waals surface area contributed by atoms with Gasteiger partial charge in [0.1, 0.15) is 10.9 Å². The molecule has 5 nitrogen and oxygen atoms in total. The minimum atomic E-state index is -0.716. The van der Waals surface area contributed by atoms with E-state index in [4.69, 9.17) is 11.6 Å². The van der Waals surface area contributed by atoms with Crippen molar-refractivity contribution in [1.82, 2.24) is 9.55 Å². The number of aromatic nitrogens is 2. The Morgan fingerprint density at radius 1 is 1.12 bits per heavy atom. The second kappa shape index (κ2) is 9.27. The van der Waals surface area contributed by atoms with Crippen LogP contribution in [-0.2, 0) is 17.6 Å². The van der Waals surface area contributed by atoms with Crippen molar-refractivity contribution >= 4 is 44.7 Å². The van der Waals surface area contributed by atoms with E-state index >= 15 is 0 Å². The molecule has 4 aromatic rings. The summed E-state index contributed by atoms with van der Waals surface area (Å²) in [6, 6.07) is 12.7. The number of nitrogens with zero attached hydrogens (tertiary/aromatic N) is 2. The van der Waals surface area contributed by atoms with Gasteiger partial charge in [-0.05, 0) is 48.6 Å². The zero-order valence-corrected chi connectivity index (χ0v) is 19.8. The molecule has 4 rings (SSSR count). The number of amides is 1. The van der Waals surface area contributed by atoms with E-state index < -0.39 is 6.04 Å². The molecule has 1 atom stereocenters. The highest BCUT2D eigenvalue weighted by Crippen LogP contribution is 2.31. The summed E-state index contributed by atoms with van der Waals surface area (Å²) in [7, 11) is 0. The Bertz CT molecular complexity index is 1320. The summed E-state index contributed by atoms with van der Waals surface area (Å²) in [5, 5.41) is 6.13. The number of aryl methyl sites for hydroxylation is 2. The van der Waals surface area contributed by atoms with Crippen molar-refractivity contribution < 1.29 is 4.79 Å². The number of fused-ring (bicyclic) bond motifs is 1. The van der Waals surface area contributed by atoms with Crippen LogP contribution in [0, 0.1) is 0 Å². The standard InChI is InChI=1S/C25H24ClN3O2S/c1-4-16-7-6-8-17(5-2)22(16)28-23(30)15(3)29-14-27-24-21(25(29)31)20(13-32-24)18-9-11-19(26)12-10-18/h6-15H,4-5H2,1-3H3,(H,28,30). The number of benzene rings is 2. The molecule has 2 aromatic carbocycles. The van der Waals surface area contributed by atoms with E-state index in [0.717, 1.165) is 40.8 Å². The van der Waals surface area contributed by atoms with Crippen molar-refractivity contribution in [3.05, 3.63) is 80.7 Å². The normalized spacial score (nSPS) is 12.1. The van der Waals surface area contributed by atoms with Crippen LogP contribution < -0.4 is 10.9 Å². The predicted molar refractivity (Wildman–Crippen MR) is 133 cm³/mol. The number of rotatable bonds is 6. The van der Waals surface area contributed by atoms with Gasteiger partial charge < -0.3 is 5.32 Å². The molecule has 0 spiro atoms. The number of hydrogen-bond donors (Lipinski definition) is 1. The molecule has 32 heavy (non-hydrogen) atoms. The van der Waals surface area contributed by atoms with Crippen LogP contribution in [0.5, 0.6) is 0 Å². The van der Waals surface area contributed by atoms with Gasteiger partial charge in [-0.15, -0.1) is 11.3 Å². The maximum absolute atomic E-state index is 13.4.